The van der Waals surface area contributed by atoms with Crippen molar-refractivity contribution in [3.8, 4) is 5.75 Å². The van der Waals surface area contributed by atoms with Gasteiger partial charge in [0.25, 0.3) is 0 Å². The number of hydrogen-bond acceptors (Lipinski definition) is 1. The fourth-order valence-electron chi connectivity index (χ4n) is 4.44. The summed E-state index contributed by atoms with van der Waals surface area (Å²) < 4.78 is 6.60. The number of halogens is 1. The fraction of sp³-hybridized carbons (Fsp3) is 0.400. The van der Waals surface area contributed by atoms with Gasteiger partial charge in [-0.3, -0.25) is 0 Å². The summed E-state index contributed by atoms with van der Waals surface area (Å²) in [6, 6.07) is 16.2. The second kappa shape index (κ2) is 6.44. The number of methoxy groups -OCH3 is 1. The van der Waals surface area contributed by atoms with Gasteiger partial charge in [0.05, 0.1) is 27.2 Å². The third kappa shape index (κ3) is 2.78. The molecule has 2 aromatic carbocycles. The lowest BCUT2D eigenvalue weighted by molar-refractivity contribution is -0.935. The fourth-order valence-corrected chi connectivity index (χ4v) is 4.44. The number of hydrogen-bond donors (Lipinski definition) is 0. The molecule has 122 valence electrons. The summed E-state index contributed by atoms with van der Waals surface area (Å²) in [7, 11) is 4.20. The van der Waals surface area contributed by atoms with Crippen molar-refractivity contribution in [1.82, 2.24) is 0 Å². The molecule has 0 aromatic heterocycles. The number of fused-ring (bicyclic) bond motifs is 5. The number of aryl methyl sites for hydroxylation is 1. The van der Waals surface area contributed by atoms with E-state index in [0.717, 1.165) is 10.2 Å². The van der Waals surface area contributed by atoms with E-state index in [1.807, 2.05) is 0 Å². The van der Waals surface area contributed by atoms with Gasteiger partial charge in [0, 0.05) is 24.0 Å². The topological polar surface area (TPSA) is 9.23 Å². The smallest absolute Gasteiger partial charge is 0.141 e. The molecular formula is C20H24INO. The molecule has 0 bridgehead atoms. The minimum absolute atomic E-state index is 0. The number of likely N-dealkylation sites (N-methyl/N-ethyl adjacent to an activating group) is 1. The molecule has 3 heteroatoms. The van der Waals surface area contributed by atoms with Crippen LogP contribution in [0.4, 0.5) is 0 Å². The number of benzene rings is 2. The lowest BCUT2D eigenvalue weighted by atomic mass is 9.85. The average Bonchev–Trinajstić information content (AvgIpc) is 2.70. The Hall–Kier alpha value is -1.07. The van der Waals surface area contributed by atoms with E-state index in [-0.39, 0.29) is 24.0 Å². The first-order chi connectivity index (χ1) is 10.7. The molecular weight excluding hydrogens is 397 g/mol. The zero-order chi connectivity index (χ0) is 15.2. The molecule has 2 unspecified atom stereocenters. The minimum Gasteiger partial charge on any atom is -1.00 e. The van der Waals surface area contributed by atoms with Crippen LogP contribution >= 0.6 is 0 Å². The molecule has 0 spiro atoms. The van der Waals surface area contributed by atoms with Crippen LogP contribution in [0.2, 0.25) is 0 Å². The van der Waals surface area contributed by atoms with E-state index in [4.69, 9.17) is 4.74 Å². The maximum Gasteiger partial charge on any atom is 0.141 e. The lowest BCUT2D eigenvalue weighted by Crippen LogP contribution is -3.00. The minimum atomic E-state index is 0. The van der Waals surface area contributed by atoms with Gasteiger partial charge >= 0.3 is 0 Å². The van der Waals surface area contributed by atoms with Crippen LogP contribution in [-0.4, -0.2) is 31.7 Å². The first-order valence-electron chi connectivity index (χ1n) is 8.30. The second-order valence-corrected chi connectivity index (χ2v) is 6.95. The van der Waals surface area contributed by atoms with Crippen molar-refractivity contribution in [3.63, 3.8) is 0 Å². The highest BCUT2D eigenvalue weighted by atomic mass is 127. The van der Waals surface area contributed by atoms with Crippen LogP contribution in [0.5, 0.6) is 5.75 Å². The van der Waals surface area contributed by atoms with Crippen LogP contribution in [0.1, 0.15) is 34.7 Å². The Morgan fingerprint density at radius 3 is 2.57 bits per heavy atom. The van der Waals surface area contributed by atoms with Crippen molar-refractivity contribution in [2.45, 2.75) is 25.3 Å². The van der Waals surface area contributed by atoms with E-state index in [1.54, 1.807) is 7.11 Å². The van der Waals surface area contributed by atoms with E-state index in [9.17, 15) is 0 Å². The monoisotopic (exact) mass is 421 g/mol. The number of nitrogens with zero attached hydrogens (tertiary/aromatic N) is 1. The Labute approximate surface area is 156 Å². The normalized spacial score (nSPS) is 25.2. The molecule has 0 aliphatic carbocycles. The van der Waals surface area contributed by atoms with E-state index in [1.165, 1.54) is 54.6 Å². The van der Waals surface area contributed by atoms with Crippen LogP contribution in [0.15, 0.2) is 42.5 Å². The van der Waals surface area contributed by atoms with Crippen LogP contribution in [0.25, 0.3) is 0 Å². The molecule has 0 saturated heterocycles. The Balaban J connectivity index is 0.00000156. The maximum absolute atomic E-state index is 5.45. The highest BCUT2D eigenvalue weighted by Gasteiger charge is 2.42. The quantitative estimate of drug-likeness (QED) is 0.488. The standard InChI is InChI=1S/C20H24NO.HI/c1-21-12-5-7-16-14-17(22-2)9-10-19(16)20(21)18-8-4-3-6-15(18)11-13-21;/h3-4,6,8-10,14,20H,5,7,11-13H2,1-2H3;1H/q+1;/p-1. The van der Waals surface area contributed by atoms with Crippen LogP contribution in [0.3, 0.4) is 0 Å². The third-order valence-corrected chi connectivity index (χ3v) is 5.62. The van der Waals surface area contributed by atoms with Crippen molar-refractivity contribution in [3.05, 3.63) is 64.7 Å². The Bertz CT molecular complexity index is 715. The van der Waals surface area contributed by atoms with Crippen LogP contribution in [-0.2, 0) is 12.8 Å². The Morgan fingerprint density at radius 1 is 0.957 bits per heavy atom. The van der Waals surface area contributed by atoms with Crippen molar-refractivity contribution < 1.29 is 33.2 Å². The first-order valence-corrected chi connectivity index (χ1v) is 8.30. The Kier molecular flexibility index (Phi) is 4.70. The highest BCUT2D eigenvalue weighted by Crippen LogP contribution is 2.43. The summed E-state index contributed by atoms with van der Waals surface area (Å²) in [5.41, 5.74) is 6.05. The van der Waals surface area contributed by atoms with Crippen molar-refractivity contribution in [1.29, 1.82) is 0 Å². The summed E-state index contributed by atoms with van der Waals surface area (Å²) in [6.07, 6.45) is 3.63. The molecule has 2 aliphatic rings. The van der Waals surface area contributed by atoms with Crippen molar-refractivity contribution in [2.24, 2.45) is 0 Å². The largest absolute Gasteiger partial charge is 1.00 e. The van der Waals surface area contributed by atoms with Crippen LogP contribution in [0, 0.1) is 0 Å². The molecule has 2 atom stereocenters. The zero-order valence-electron chi connectivity index (χ0n) is 13.9. The van der Waals surface area contributed by atoms with E-state index in [2.05, 4.69) is 49.5 Å². The molecule has 2 aliphatic heterocycles. The third-order valence-electron chi connectivity index (χ3n) is 5.62. The van der Waals surface area contributed by atoms with Gasteiger partial charge in [-0.25, -0.2) is 0 Å². The van der Waals surface area contributed by atoms with Gasteiger partial charge in [-0.15, -0.1) is 0 Å². The number of quaternary nitrogens is 1. The van der Waals surface area contributed by atoms with E-state index in [0.29, 0.717) is 6.04 Å². The molecule has 0 amide bonds. The lowest BCUT2D eigenvalue weighted by Gasteiger charge is -2.45. The summed E-state index contributed by atoms with van der Waals surface area (Å²) in [4.78, 5) is 0. The van der Waals surface area contributed by atoms with Gasteiger partial charge in [0.2, 0.25) is 0 Å². The average molecular weight is 421 g/mol. The summed E-state index contributed by atoms with van der Waals surface area (Å²) in [6.45, 7) is 2.50. The maximum atomic E-state index is 5.45. The predicted octanol–water partition coefficient (Wildman–Crippen LogP) is 0.738. The molecule has 4 rings (SSSR count). The summed E-state index contributed by atoms with van der Waals surface area (Å²) in [5.74, 6) is 0.985. The van der Waals surface area contributed by atoms with Gasteiger partial charge in [-0.2, -0.15) is 0 Å². The molecule has 0 fully saturated rings. The van der Waals surface area contributed by atoms with Crippen molar-refractivity contribution in [2.75, 3.05) is 27.2 Å². The molecule has 0 radical (unpaired) electrons. The van der Waals surface area contributed by atoms with Gasteiger partial charge < -0.3 is 33.2 Å². The van der Waals surface area contributed by atoms with E-state index >= 15 is 0 Å². The molecule has 2 heterocycles. The molecule has 0 N–H and O–H groups in total. The van der Waals surface area contributed by atoms with Crippen LogP contribution < -0.4 is 28.7 Å². The molecule has 23 heavy (non-hydrogen) atoms. The van der Waals surface area contributed by atoms with Gasteiger partial charge in [-0.05, 0) is 35.7 Å². The molecule has 0 saturated carbocycles. The van der Waals surface area contributed by atoms with Gasteiger partial charge in [-0.1, -0.05) is 24.3 Å². The highest BCUT2D eigenvalue weighted by molar-refractivity contribution is 5.44. The first kappa shape index (κ1) is 16.8. The van der Waals surface area contributed by atoms with Gasteiger partial charge in [0.1, 0.15) is 11.8 Å². The molecule has 2 nitrogen and oxygen atoms in total. The summed E-state index contributed by atoms with van der Waals surface area (Å²) >= 11 is 0. The number of ether oxygens (including phenoxy) is 1. The molecule has 2 aromatic rings. The predicted molar refractivity (Wildman–Crippen MR) is 89.2 cm³/mol. The SMILES string of the molecule is COc1ccc2c(c1)CCC[N+]1(C)CCc3ccccc3C21.[I-]. The Morgan fingerprint density at radius 2 is 1.74 bits per heavy atom. The summed E-state index contributed by atoms with van der Waals surface area (Å²) in [5, 5.41) is 0. The second-order valence-electron chi connectivity index (χ2n) is 6.95. The van der Waals surface area contributed by atoms with E-state index < -0.39 is 0 Å². The van der Waals surface area contributed by atoms with Crippen molar-refractivity contribution >= 4 is 0 Å². The number of rotatable bonds is 1. The zero-order valence-corrected chi connectivity index (χ0v) is 16.0. The van der Waals surface area contributed by atoms with Gasteiger partial charge in [0.15, 0.2) is 0 Å².